The van der Waals surface area contributed by atoms with Gasteiger partial charge >= 0.3 is 0 Å². The molecule has 1 unspecified atom stereocenters. The number of hydrogen-bond donors (Lipinski definition) is 0. The molecule has 0 radical (unpaired) electrons. The van der Waals surface area contributed by atoms with Gasteiger partial charge in [-0.3, -0.25) is 0 Å². The molecule has 5 heteroatoms. The molecular formula is C4H12N2O2S. The summed E-state index contributed by atoms with van der Waals surface area (Å²) in [7, 11) is 6.72. The van der Waals surface area contributed by atoms with Crippen molar-refractivity contribution >= 4 is 11.3 Å². The van der Waals surface area contributed by atoms with Crippen molar-refractivity contribution in [2.75, 3.05) is 28.2 Å². The normalized spacial score (nSPS) is 14.9. The monoisotopic (exact) mass is 152 g/mol. The maximum absolute atomic E-state index is 10.7. The Kier molecular flexibility index (Phi) is 3.96. The first-order chi connectivity index (χ1) is 4.04. The molecule has 0 spiro atoms. The molecular weight excluding hydrogens is 140 g/mol. The van der Waals surface area contributed by atoms with Crippen LogP contribution < -0.4 is 0 Å². The predicted molar refractivity (Wildman–Crippen MR) is 36.6 cm³/mol. The molecule has 0 fully saturated rings. The number of hydroxylamine groups is 2. The SMILES string of the molecule is CN(C)OS(=O)N(C)C. The molecule has 0 saturated heterocycles. The minimum atomic E-state index is -1.34. The Labute approximate surface area is 58.1 Å². The Morgan fingerprint density at radius 3 is 1.78 bits per heavy atom. The van der Waals surface area contributed by atoms with Gasteiger partial charge in [-0.05, 0) is 0 Å². The average Bonchev–Trinajstić information content (AvgIpc) is 1.63. The van der Waals surface area contributed by atoms with Crippen LogP contribution in [0.15, 0.2) is 0 Å². The zero-order chi connectivity index (χ0) is 7.44. The van der Waals surface area contributed by atoms with Gasteiger partial charge in [0.2, 0.25) is 0 Å². The minimum Gasteiger partial charge on any atom is -0.210 e. The summed E-state index contributed by atoms with van der Waals surface area (Å²) in [6.07, 6.45) is 0. The molecule has 0 aromatic heterocycles. The average molecular weight is 152 g/mol. The lowest BCUT2D eigenvalue weighted by Crippen LogP contribution is -2.24. The van der Waals surface area contributed by atoms with Crippen molar-refractivity contribution in [1.82, 2.24) is 9.37 Å². The van der Waals surface area contributed by atoms with Crippen LogP contribution in [0.2, 0.25) is 0 Å². The largest absolute Gasteiger partial charge is 0.254 e. The minimum absolute atomic E-state index is 1.34. The molecule has 0 bridgehead atoms. The molecule has 4 nitrogen and oxygen atoms in total. The maximum Gasteiger partial charge on any atom is 0.254 e. The van der Waals surface area contributed by atoms with Gasteiger partial charge in [0.25, 0.3) is 11.3 Å². The van der Waals surface area contributed by atoms with Crippen molar-refractivity contribution < 1.29 is 8.49 Å². The van der Waals surface area contributed by atoms with Gasteiger partial charge in [0, 0.05) is 28.2 Å². The standard InChI is InChI=1S/C4H12N2O2S/c1-5(2)8-9(7)6(3)4/h1-4H3. The summed E-state index contributed by atoms with van der Waals surface area (Å²) >= 11 is -1.34. The first-order valence-corrected chi connectivity index (χ1v) is 3.52. The van der Waals surface area contributed by atoms with Crippen molar-refractivity contribution in [1.29, 1.82) is 0 Å². The zero-order valence-electron chi connectivity index (χ0n) is 6.12. The van der Waals surface area contributed by atoms with Gasteiger partial charge in [-0.2, -0.15) is 9.35 Å². The molecule has 0 N–H and O–H groups in total. The Morgan fingerprint density at radius 1 is 1.22 bits per heavy atom. The van der Waals surface area contributed by atoms with Crippen molar-refractivity contribution in [3.63, 3.8) is 0 Å². The second-order valence-corrected chi connectivity index (χ2v) is 3.23. The van der Waals surface area contributed by atoms with E-state index in [4.69, 9.17) is 4.28 Å². The molecule has 0 aromatic rings. The van der Waals surface area contributed by atoms with E-state index in [0.717, 1.165) is 0 Å². The molecule has 0 heterocycles. The van der Waals surface area contributed by atoms with Crippen molar-refractivity contribution in [2.24, 2.45) is 0 Å². The van der Waals surface area contributed by atoms with E-state index in [1.807, 2.05) is 0 Å². The first kappa shape index (κ1) is 9.03. The summed E-state index contributed by atoms with van der Waals surface area (Å²) < 4.78 is 16.9. The maximum atomic E-state index is 10.7. The van der Waals surface area contributed by atoms with Crippen LogP contribution in [0.1, 0.15) is 0 Å². The van der Waals surface area contributed by atoms with E-state index >= 15 is 0 Å². The van der Waals surface area contributed by atoms with Crippen LogP contribution >= 0.6 is 0 Å². The van der Waals surface area contributed by atoms with Gasteiger partial charge in [-0.25, -0.2) is 8.51 Å². The van der Waals surface area contributed by atoms with Gasteiger partial charge in [0.15, 0.2) is 0 Å². The Morgan fingerprint density at radius 2 is 1.67 bits per heavy atom. The number of hydrogen-bond acceptors (Lipinski definition) is 3. The molecule has 0 amide bonds. The summed E-state index contributed by atoms with van der Waals surface area (Å²) in [4.78, 5) is 0. The van der Waals surface area contributed by atoms with E-state index in [9.17, 15) is 4.21 Å². The highest BCUT2D eigenvalue weighted by Crippen LogP contribution is 1.89. The van der Waals surface area contributed by atoms with E-state index in [-0.39, 0.29) is 0 Å². The third-order valence-corrected chi connectivity index (χ3v) is 1.53. The van der Waals surface area contributed by atoms with Crippen LogP contribution in [0, 0.1) is 0 Å². The molecule has 0 saturated carbocycles. The van der Waals surface area contributed by atoms with E-state index in [1.54, 1.807) is 28.2 Å². The van der Waals surface area contributed by atoms with E-state index in [2.05, 4.69) is 0 Å². The van der Waals surface area contributed by atoms with Crippen LogP contribution in [-0.4, -0.2) is 41.8 Å². The molecule has 0 aliphatic heterocycles. The summed E-state index contributed by atoms with van der Waals surface area (Å²) in [5, 5.41) is 1.40. The Bertz CT molecular complexity index is 105. The summed E-state index contributed by atoms with van der Waals surface area (Å²) in [5.74, 6) is 0. The lowest BCUT2D eigenvalue weighted by Gasteiger charge is -2.12. The second kappa shape index (κ2) is 3.94. The van der Waals surface area contributed by atoms with Gasteiger partial charge < -0.3 is 0 Å². The van der Waals surface area contributed by atoms with E-state index in [0.29, 0.717) is 0 Å². The molecule has 0 rings (SSSR count). The highest BCUT2D eigenvalue weighted by molar-refractivity contribution is 7.77. The highest BCUT2D eigenvalue weighted by Gasteiger charge is 2.02. The fraction of sp³-hybridized carbons (Fsp3) is 1.00. The molecule has 56 valence electrons. The fourth-order valence-corrected chi connectivity index (χ4v) is 0.583. The molecule has 0 aliphatic carbocycles. The van der Waals surface area contributed by atoms with E-state index in [1.165, 1.54) is 9.37 Å². The van der Waals surface area contributed by atoms with Crippen molar-refractivity contribution in [3.8, 4) is 0 Å². The smallest absolute Gasteiger partial charge is 0.210 e. The lowest BCUT2D eigenvalue weighted by atomic mass is 11.2. The van der Waals surface area contributed by atoms with Crippen LogP contribution in [0.4, 0.5) is 0 Å². The zero-order valence-corrected chi connectivity index (χ0v) is 6.94. The first-order valence-electron chi connectivity index (χ1n) is 2.49. The van der Waals surface area contributed by atoms with E-state index < -0.39 is 11.3 Å². The predicted octanol–water partition coefficient (Wildman–Crippen LogP) is -0.380. The van der Waals surface area contributed by atoms with Crippen molar-refractivity contribution in [3.05, 3.63) is 0 Å². The molecule has 0 aromatic carbocycles. The summed E-state index contributed by atoms with van der Waals surface area (Å²) in [5.41, 5.74) is 0. The number of rotatable bonds is 3. The third-order valence-electron chi connectivity index (χ3n) is 0.511. The summed E-state index contributed by atoms with van der Waals surface area (Å²) in [6, 6.07) is 0. The summed E-state index contributed by atoms with van der Waals surface area (Å²) in [6.45, 7) is 0. The number of nitrogens with zero attached hydrogens (tertiary/aromatic N) is 2. The van der Waals surface area contributed by atoms with Crippen LogP contribution in [0.5, 0.6) is 0 Å². The van der Waals surface area contributed by atoms with Gasteiger partial charge in [-0.1, -0.05) is 0 Å². The quantitative estimate of drug-likeness (QED) is 0.517. The van der Waals surface area contributed by atoms with Crippen LogP contribution in [-0.2, 0) is 15.6 Å². The van der Waals surface area contributed by atoms with Crippen molar-refractivity contribution in [2.45, 2.75) is 0 Å². The van der Waals surface area contributed by atoms with Crippen LogP contribution in [0.25, 0.3) is 0 Å². The van der Waals surface area contributed by atoms with Gasteiger partial charge in [0.1, 0.15) is 0 Å². The highest BCUT2D eigenvalue weighted by atomic mass is 32.2. The third kappa shape index (κ3) is 4.53. The Hall–Kier alpha value is 0.0300. The second-order valence-electron chi connectivity index (χ2n) is 1.92. The molecule has 1 atom stereocenters. The van der Waals surface area contributed by atoms with Gasteiger partial charge in [0.05, 0.1) is 0 Å². The molecule has 0 aliphatic rings. The lowest BCUT2D eigenvalue weighted by molar-refractivity contribution is 0.00775. The Balaban J connectivity index is 3.51. The topological polar surface area (TPSA) is 32.8 Å². The van der Waals surface area contributed by atoms with Gasteiger partial charge in [-0.15, -0.1) is 0 Å². The fourth-order valence-electron chi connectivity index (χ4n) is 0.194. The molecule has 9 heavy (non-hydrogen) atoms. The van der Waals surface area contributed by atoms with Crippen LogP contribution in [0.3, 0.4) is 0 Å².